The molecule has 0 radical (unpaired) electrons. The molecule has 1 aliphatic rings. The van der Waals surface area contributed by atoms with E-state index >= 15 is 0 Å². The Labute approximate surface area is 135 Å². The van der Waals surface area contributed by atoms with E-state index in [1.807, 2.05) is 24.3 Å². The SMILES string of the molecule is CC1(C)CCC(=Cc2ccc(Cl)cc2)C1(O)Cc1ncn[nH]1. The number of nitrogens with one attached hydrogen (secondary N) is 1. The minimum Gasteiger partial charge on any atom is -0.384 e. The van der Waals surface area contributed by atoms with Crippen LogP contribution in [0.3, 0.4) is 0 Å². The maximum absolute atomic E-state index is 11.4. The smallest absolute Gasteiger partial charge is 0.137 e. The van der Waals surface area contributed by atoms with Crippen LogP contribution in [-0.2, 0) is 6.42 Å². The van der Waals surface area contributed by atoms with Crippen molar-refractivity contribution in [2.45, 2.75) is 38.7 Å². The first kappa shape index (κ1) is 15.3. The van der Waals surface area contributed by atoms with Crippen molar-refractivity contribution < 1.29 is 5.11 Å². The summed E-state index contributed by atoms with van der Waals surface area (Å²) >= 11 is 5.94. The number of H-pyrrole nitrogens is 1. The average Bonchev–Trinajstić information content (AvgIpc) is 3.04. The molecule has 1 atom stereocenters. The first-order chi connectivity index (χ1) is 10.4. The molecule has 0 saturated heterocycles. The summed E-state index contributed by atoms with van der Waals surface area (Å²) in [5, 5.41) is 18.8. The second-order valence-corrected chi connectivity index (χ2v) is 7.01. The lowest BCUT2D eigenvalue weighted by atomic mass is 9.74. The summed E-state index contributed by atoms with van der Waals surface area (Å²) in [6.07, 6.45) is 5.81. The lowest BCUT2D eigenvalue weighted by molar-refractivity contribution is -0.0140. The average molecular weight is 318 g/mol. The maximum Gasteiger partial charge on any atom is 0.137 e. The number of rotatable bonds is 3. The van der Waals surface area contributed by atoms with Gasteiger partial charge in [-0.25, -0.2) is 4.98 Å². The van der Waals surface area contributed by atoms with Crippen molar-refractivity contribution in [1.29, 1.82) is 0 Å². The summed E-state index contributed by atoms with van der Waals surface area (Å²) in [6, 6.07) is 7.66. The third-order valence-electron chi connectivity index (χ3n) is 4.77. The van der Waals surface area contributed by atoms with Crippen LogP contribution in [0.25, 0.3) is 6.08 Å². The van der Waals surface area contributed by atoms with E-state index < -0.39 is 5.60 Å². The molecule has 5 heteroatoms. The van der Waals surface area contributed by atoms with E-state index in [2.05, 4.69) is 35.1 Å². The summed E-state index contributed by atoms with van der Waals surface area (Å²) < 4.78 is 0. The number of aliphatic hydroxyl groups is 1. The fourth-order valence-corrected chi connectivity index (χ4v) is 3.28. The van der Waals surface area contributed by atoms with E-state index in [0.717, 1.165) is 24.0 Å². The van der Waals surface area contributed by atoms with Gasteiger partial charge in [-0.05, 0) is 41.5 Å². The van der Waals surface area contributed by atoms with Crippen LogP contribution in [-0.4, -0.2) is 25.9 Å². The third kappa shape index (κ3) is 2.69. The Balaban J connectivity index is 1.97. The van der Waals surface area contributed by atoms with Crippen molar-refractivity contribution in [3.05, 3.63) is 52.6 Å². The molecule has 22 heavy (non-hydrogen) atoms. The van der Waals surface area contributed by atoms with Crippen LogP contribution in [0.1, 0.15) is 38.1 Å². The molecular formula is C17H20ClN3O. The minimum absolute atomic E-state index is 0.210. The monoisotopic (exact) mass is 317 g/mol. The number of aromatic nitrogens is 3. The highest BCUT2D eigenvalue weighted by molar-refractivity contribution is 6.30. The summed E-state index contributed by atoms with van der Waals surface area (Å²) in [4.78, 5) is 4.17. The molecule has 1 aromatic heterocycles. The maximum atomic E-state index is 11.4. The molecule has 2 aromatic rings. The number of aromatic amines is 1. The first-order valence-electron chi connectivity index (χ1n) is 7.44. The molecule has 1 aromatic carbocycles. The van der Waals surface area contributed by atoms with Crippen LogP contribution >= 0.6 is 11.6 Å². The fraction of sp³-hybridized carbons (Fsp3) is 0.412. The summed E-state index contributed by atoms with van der Waals surface area (Å²) in [5.74, 6) is 0.708. The van der Waals surface area contributed by atoms with Crippen LogP contribution < -0.4 is 0 Å². The number of nitrogens with zero attached hydrogens (tertiary/aromatic N) is 2. The van der Waals surface area contributed by atoms with Crippen molar-refractivity contribution in [2.75, 3.05) is 0 Å². The first-order valence-corrected chi connectivity index (χ1v) is 7.82. The third-order valence-corrected chi connectivity index (χ3v) is 5.02. The molecule has 4 nitrogen and oxygen atoms in total. The Bertz CT molecular complexity index is 676. The van der Waals surface area contributed by atoms with E-state index in [4.69, 9.17) is 11.6 Å². The van der Waals surface area contributed by atoms with Gasteiger partial charge in [0.05, 0.1) is 5.60 Å². The zero-order valence-corrected chi connectivity index (χ0v) is 13.6. The predicted molar refractivity (Wildman–Crippen MR) is 87.5 cm³/mol. The summed E-state index contributed by atoms with van der Waals surface area (Å²) in [6.45, 7) is 4.21. The number of benzene rings is 1. The lowest BCUT2D eigenvalue weighted by Gasteiger charge is -2.37. The molecule has 0 spiro atoms. The molecule has 1 fully saturated rings. The van der Waals surface area contributed by atoms with Crippen molar-refractivity contribution in [3.8, 4) is 0 Å². The van der Waals surface area contributed by atoms with Gasteiger partial charge in [-0.1, -0.05) is 43.7 Å². The minimum atomic E-state index is -0.924. The predicted octanol–water partition coefficient (Wildman–Crippen LogP) is 3.64. The van der Waals surface area contributed by atoms with Crippen molar-refractivity contribution in [2.24, 2.45) is 5.41 Å². The zero-order chi connectivity index (χ0) is 15.8. The van der Waals surface area contributed by atoms with Gasteiger partial charge in [-0.15, -0.1) is 0 Å². The molecule has 0 amide bonds. The largest absolute Gasteiger partial charge is 0.384 e. The van der Waals surface area contributed by atoms with Gasteiger partial charge in [-0.3, -0.25) is 5.10 Å². The Morgan fingerprint density at radius 2 is 2.05 bits per heavy atom. The molecule has 1 aliphatic carbocycles. The highest BCUT2D eigenvalue weighted by atomic mass is 35.5. The highest BCUT2D eigenvalue weighted by Crippen LogP contribution is 2.51. The van der Waals surface area contributed by atoms with Crippen LogP contribution in [0, 0.1) is 5.41 Å². The molecule has 116 valence electrons. The molecule has 0 bridgehead atoms. The normalized spacial score (nSPS) is 25.7. The summed E-state index contributed by atoms with van der Waals surface area (Å²) in [7, 11) is 0. The van der Waals surface area contributed by atoms with E-state index in [9.17, 15) is 5.11 Å². The molecule has 1 heterocycles. The van der Waals surface area contributed by atoms with Gasteiger partial charge < -0.3 is 5.11 Å². The highest BCUT2D eigenvalue weighted by Gasteiger charge is 2.51. The van der Waals surface area contributed by atoms with Crippen molar-refractivity contribution in [3.63, 3.8) is 0 Å². The summed E-state index contributed by atoms with van der Waals surface area (Å²) in [5.41, 5.74) is 0.953. The second-order valence-electron chi connectivity index (χ2n) is 6.57. The standard InChI is InChI=1S/C17H20ClN3O/c1-16(2)8-7-13(9-12-3-5-14(18)6-4-12)17(16,22)10-15-19-11-20-21-15/h3-6,9,11,22H,7-8,10H2,1-2H3,(H,19,20,21). The number of hydrogen-bond acceptors (Lipinski definition) is 3. The number of hydrogen-bond donors (Lipinski definition) is 2. The topological polar surface area (TPSA) is 61.8 Å². The van der Waals surface area contributed by atoms with Gasteiger partial charge in [-0.2, -0.15) is 5.10 Å². The lowest BCUT2D eigenvalue weighted by Crippen LogP contribution is -2.43. The zero-order valence-electron chi connectivity index (χ0n) is 12.8. The van der Waals surface area contributed by atoms with Gasteiger partial charge in [0.1, 0.15) is 12.2 Å². The second kappa shape index (κ2) is 5.52. The van der Waals surface area contributed by atoms with Crippen LogP contribution in [0.4, 0.5) is 0 Å². The Morgan fingerprint density at radius 1 is 1.32 bits per heavy atom. The van der Waals surface area contributed by atoms with Gasteiger partial charge >= 0.3 is 0 Å². The van der Waals surface area contributed by atoms with Crippen LogP contribution in [0.2, 0.25) is 5.02 Å². The van der Waals surface area contributed by atoms with E-state index in [1.54, 1.807) is 0 Å². The van der Waals surface area contributed by atoms with Gasteiger partial charge in [0.15, 0.2) is 0 Å². The van der Waals surface area contributed by atoms with Gasteiger partial charge in [0, 0.05) is 11.4 Å². The van der Waals surface area contributed by atoms with Crippen LogP contribution in [0.15, 0.2) is 36.2 Å². The van der Waals surface area contributed by atoms with Crippen molar-refractivity contribution in [1.82, 2.24) is 15.2 Å². The van der Waals surface area contributed by atoms with E-state index in [-0.39, 0.29) is 5.41 Å². The number of halogens is 1. The molecule has 1 unspecified atom stereocenters. The Morgan fingerprint density at radius 3 is 2.68 bits per heavy atom. The molecule has 1 saturated carbocycles. The van der Waals surface area contributed by atoms with E-state index in [0.29, 0.717) is 17.3 Å². The molecule has 2 N–H and O–H groups in total. The molecular weight excluding hydrogens is 298 g/mol. The van der Waals surface area contributed by atoms with E-state index in [1.165, 1.54) is 6.33 Å². The fourth-order valence-electron chi connectivity index (χ4n) is 3.16. The Kier molecular flexibility index (Phi) is 3.83. The molecule has 0 aliphatic heterocycles. The molecule has 3 rings (SSSR count). The van der Waals surface area contributed by atoms with Gasteiger partial charge in [0.2, 0.25) is 0 Å². The quantitative estimate of drug-likeness (QED) is 0.908. The van der Waals surface area contributed by atoms with Crippen LogP contribution in [0.5, 0.6) is 0 Å². The van der Waals surface area contributed by atoms with Crippen molar-refractivity contribution >= 4 is 17.7 Å². The Hall–Kier alpha value is -1.65. The van der Waals surface area contributed by atoms with Gasteiger partial charge in [0.25, 0.3) is 0 Å².